The topological polar surface area (TPSA) is 43.8 Å². The van der Waals surface area contributed by atoms with Crippen molar-refractivity contribution in [3.8, 4) is 0 Å². The number of hydrogen-bond donors (Lipinski definition) is 1. The van der Waals surface area contributed by atoms with Crippen LogP contribution in [0.5, 0.6) is 0 Å². The van der Waals surface area contributed by atoms with Crippen LogP contribution in [-0.2, 0) is 19.0 Å². The molecule has 0 spiro atoms. The largest absolute Gasteiger partial charge is 0.326 e. The van der Waals surface area contributed by atoms with Crippen LogP contribution in [0, 0.1) is 0 Å². The van der Waals surface area contributed by atoms with Crippen molar-refractivity contribution in [1.82, 2.24) is 9.78 Å². The quantitative estimate of drug-likeness (QED) is 0.885. The summed E-state index contributed by atoms with van der Waals surface area (Å²) in [4.78, 5) is 0. The van der Waals surface area contributed by atoms with Crippen molar-refractivity contribution < 1.29 is 8.78 Å². The van der Waals surface area contributed by atoms with Gasteiger partial charge in [0.1, 0.15) is 6.54 Å². The second-order valence-electron chi connectivity index (χ2n) is 3.82. The molecule has 1 aromatic heterocycles. The van der Waals surface area contributed by atoms with E-state index in [0.29, 0.717) is 6.54 Å². The van der Waals surface area contributed by atoms with E-state index in [2.05, 4.69) is 5.10 Å². The van der Waals surface area contributed by atoms with Gasteiger partial charge in [-0.25, -0.2) is 0 Å². The highest BCUT2D eigenvalue weighted by Gasteiger charge is 2.32. The summed E-state index contributed by atoms with van der Waals surface area (Å²) < 4.78 is 28.9. The Morgan fingerprint density at radius 2 is 1.94 bits per heavy atom. The average Bonchev–Trinajstić information content (AvgIpc) is 2.77. The minimum Gasteiger partial charge on any atom is -0.326 e. The molecule has 0 saturated carbocycles. The van der Waals surface area contributed by atoms with Crippen LogP contribution in [-0.4, -0.2) is 9.78 Å². The molecule has 0 radical (unpaired) electrons. The van der Waals surface area contributed by atoms with Gasteiger partial charge >= 0.3 is 0 Å². The molecule has 1 aromatic carbocycles. The van der Waals surface area contributed by atoms with E-state index in [1.54, 1.807) is 18.2 Å². The van der Waals surface area contributed by atoms with E-state index in [1.165, 1.54) is 29.2 Å². The molecule has 5 heteroatoms. The molecule has 0 atom stereocenters. The number of alkyl halides is 2. The van der Waals surface area contributed by atoms with Gasteiger partial charge < -0.3 is 5.73 Å². The second-order valence-corrected chi connectivity index (χ2v) is 3.82. The van der Waals surface area contributed by atoms with E-state index in [-0.39, 0.29) is 5.56 Å². The highest BCUT2D eigenvalue weighted by atomic mass is 19.3. The van der Waals surface area contributed by atoms with Crippen molar-refractivity contribution in [1.29, 1.82) is 0 Å². The maximum Gasteiger partial charge on any atom is 0.292 e. The Morgan fingerprint density at radius 3 is 2.53 bits per heavy atom. The Kier molecular flexibility index (Phi) is 3.19. The molecule has 17 heavy (non-hydrogen) atoms. The molecule has 3 nitrogen and oxygen atoms in total. The van der Waals surface area contributed by atoms with Crippen LogP contribution in [0.3, 0.4) is 0 Å². The molecule has 2 rings (SSSR count). The first-order chi connectivity index (χ1) is 8.12. The van der Waals surface area contributed by atoms with Crippen LogP contribution in [0.4, 0.5) is 8.78 Å². The zero-order chi connectivity index (χ0) is 12.3. The number of nitrogens with two attached hydrogens (primary N) is 1. The Morgan fingerprint density at radius 1 is 1.24 bits per heavy atom. The van der Waals surface area contributed by atoms with Gasteiger partial charge in [-0.05, 0) is 0 Å². The summed E-state index contributed by atoms with van der Waals surface area (Å²) in [5.41, 5.74) is 6.13. The smallest absolute Gasteiger partial charge is 0.292 e. The zero-order valence-corrected chi connectivity index (χ0v) is 9.18. The van der Waals surface area contributed by atoms with Crippen molar-refractivity contribution in [3.05, 3.63) is 53.9 Å². The lowest BCUT2D eigenvalue weighted by Gasteiger charge is -2.16. The number of benzene rings is 1. The van der Waals surface area contributed by atoms with Crippen LogP contribution >= 0.6 is 0 Å². The fourth-order valence-corrected chi connectivity index (χ4v) is 1.58. The minimum atomic E-state index is -2.93. The summed E-state index contributed by atoms with van der Waals surface area (Å²) in [6, 6.07) is 7.72. The van der Waals surface area contributed by atoms with E-state index in [0.717, 1.165) is 5.56 Å². The number of halogens is 2. The van der Waals surface area contributed by atoms with Gasteiger partial charge in [-0.3, -0.25) is 4.68 Å². The average molecular weight is 237 g/mol. The normalized spacial score (nSPS) is 11.7. The second kappa shape index (κ2) is 4.63. The van der Waals surface area contributed by atoms with E-state index < -0.39 is 12.5 Å². The third-order valence-corrected chi connectivity index (χ3v) is 2.48. The van der Waals surface area contributed by atoms with Gasteiger partial charge in [0.15, 0.2) is 0 Å². The van der Waals surface area contributed by atoms with E-state index in [9.17, 15) is 8.78 Å². The van der Waals surface area contributed by atoms with E-state index >= 15 is 0 Å². The molecule has 1 heterocycles. The Balaban J connectivity index is 2.17. The lowest BCUT2D eigenvalue weighted by atomic mass is 10.1. The maximum absolute atomic E-state index is 13.9. The first-order valence-electron chi connectivity index (χ1n) is 5.26. The predicted octanol–water partition coefficient (Wildman–Crippen LogP) is 2.13. The molecular weight excluding hydrogens is 224 g/mol. The SMILES string of the molecule is NCc1cnn(CC(F)(F)c2ccccc2)c1. The van der Waals surface area contributed by atoms with E-state index in [1.807, 2.05) is 0 Å². The van der Waals surface area contributed by atoms with Gasteiger partial charge in [0.2, 0.25) is 0 Å². The third kappa shape index (κ3) is 2.68. The standard InChI is InChI=1S/C12H13F2N3/c13-12(14,11-4-2-1-3-5-11)9-17-8-10(6-15)7-16-17/h1-5,7-8H,6,9,15H2. The van der Waals surface area contributed by atoms with Crippen molar-refractivity contribution in [2.45, 2.75) is 19.0 Å². The fourth-order valence-electron chi connectivity index (χ4n) is 1.58. The molecule has 0 fully saturated rings. The molecule has 2 N–H and O–H groups in total. The molecule has 2 aromatic rings. The van der Waals surface area contributed by atoms with Crippen molar-refractivity contribution in [2.75, 3.05) is 0 Å². The summed E-state index contributed by atoms with van der Waals surface area (Å²) in [6.45, 7) is -0.173. The van der Waals surface area contributed by atoms with Gasteiger partial charge in [0.25, 0.3) is 5.92 Å². The van der Waals surface area contributed by atoms with E-state index in [4.69, 9.17) is 5.73 Å². The first kappa shape index (κ1) is 11.7. The Hall–Kier alpha value is -1.75. The first-order valence-corrected chi connectivity index (χ1v) is 5.26. The molecule has 90 valence electrons. The van der Waals surface area contributed by atoms with Crippen molar-refractivity contribution >= 4 is 0 Å². The molecular formula is C12H13F2N3. The highest BCUT2D eigenvalue weighted by Crippen LogP contribution is 2.29. The summed E-state index contributed by atoms with van der Waals surface area (Å²) in [5, 5.41) is 3.85. The molecule has 0 aliphatic rings. The van der Waals surface area contributed by atoms with Crippen molar-refractivity contribution in [2.24, 2.45) is 5.73 Å². The van der Waals surface area contributed by atoms with Crippen LogP contribution in [0.1, 0.15) is 11.1 Å². The molecule has 0 unspecified atom stereocenters. The van der Waals surface area contributed by atoms with Crippen molar-refractivity contribution in [3.63, 3.8) is 0 Å². The number of rotatable bonds is 4. The number of nitrogens with zero attached hydrogens (tertiary/aromatic N) is 2. The number of hydrogen-bond acceptors (Lipinski definition) is 2. The zero-order valence-electron chi connectivity index (χ0n) is 9.18. The lowest BCUT2D eigenvalue weighted by molar-refractivity contribution is -0.0254. The summed E-state index contributed by atoms with van der Waals surface area (Å²) in [5.74, 6) is -2.93. The minimum absolute atomic E-state index is 0.00945. The van der Waals surface area contributed by atoms with Gasteiger partial charge in [0.05, 0.1) is 6.20 Å². The Bertz CT molecular complexity index is 480. The van der Waals surface area contributed by atoms with Gasteiger partial charge in [-0.1, -0.05) is 30.3 Å². The summed E-state index contributed by atoms with van der Waals surface area (Å²) >= 11 is 0. The lowest BCUT2D eigenvalue weighted by Crippen LogP contribution is -2.21. The van der Waals surface area contributed by atoms with Gasteiger partial charge in [0, 0.05) is 23.9 Å². The highest BCUT2D eigenvalue weighted by molar-refractivity contribution is 5.19. The maximum atomic E-state index is 13.9. The fraction of sp³-hybridized carbons (Fsp3) is 0.250. The van der Waals surface area contributed by atoms with Crippen LogP contribution in [0.25, 0.3) is 0 Å². The molecule has 0 saturated heterocycles. The number of aromatic nitrogens is 2. The van der Waals surface area contributed by atoms with Gasteiger partial charge in [-0.2, -0.15) is 13.9 Å². The van der Waals surface area contributed by atoms with Gasteiger partial charge in [-0.15, -0.1) is 0 Å². The third-order valence-electron chi connectivity index (χ3n) is 2.48. The predicted molar refractivity (Wildman–Crippen MR) is 60.5 cm³/mol. The van der Waals surface area contributed by atoms with Crippen LogP contribution < -0.4 is 5.73 Å². The molecule has 0 amide bonds. The molecule has 0 bridgehead atoms. The Labute approximate surface area is 97.9 Å². The summed E-state index contributed by atoms with van der Waals surface area (Å²) in [6.07, 6.45) is 3.04. The molecule has 0 aliphatic carbocycles. The van der Waals surface area contributed by atoms with Crippen LogP contribution in [0.15, 0.2) is 42.7 Å². The molecule has 0 aliphatic heterocycles. The monoisotopic (exact) mass is 237 g/mol. The van der Waals surface area contributed by atoms with Crippen LogP contribution in [0.2, 0.25) is 0 Å². The summed E-state index contributed by atoms with van der Waals surface area (Å²) in [7, 11) is 0.